The van der Waals surface area contributed by atoms with Gasteiger partial charge in [-0.15, -0.1) is 0 Å². The summed E-state index contributed by atoms with van der Waals surface area (Å²) in [6.07, 6.45) is 4.10. The highest BCUT2D eigenvalue weighted by Crippen LogP contribution is 2.00. The molecular formula is C12H18N4O2. The zero-order valence-corrected chi connectivity index (χ0v) is 10.8. The van der Waals surface area contributed by atoms with E-state index in [4.69, 9.17) is 5.84 Å². The van der Waals surface area contributed by atoms with Crippen molar-refractivity contribution in [2.75, 3.05) is 0 Å². The van der Waals surface area contributed by atoms with E-state index in [0.717, 1.165) is 6.21 Å². The van der Waals surface area contributed by atoms with Crippen molar-refractivity contribution in [2.45, 2.75) is 20.8 Å². The Bertz CT molecular complexity index is 433. The molecule has 0 aromatic rings. The fraction of sp³-hybridized carbons (Fsp3) is 0.250. The predicted molar refractivity (Wildman–Crippen MR) is 71.3 cm³/mol. The van der Waals surface area contributed by atoms with E-state index in [0.29, 0.717) is 5.57 Å². The monoisotopic (exact) mass is 250 g/mol. The maximum atomic E-state index is 11.6. The molecule has 0 bridgehead atoms. The van der Waals surface area contributed by atoms with Crippen LogP contribution in [0.15, 0.2) is 40.8 Å². The minimum Gasteiger partial charge on any atom is -0.321 e. The van der Waals surface area contributed by atoms with Crippen molar-refractivity contribution < 1.29 is 9.59 Å². The van der Waals surface area contributed by atoms with Crippen molar-refractivity contribution in [1.29, 1.82) is 0 Å². The number of ketones is 2. The molecule has 6 heteroatoms. The lowest BCUT2D eigenvalue weighted by molar-refractivity contribution is -0.112. The number of nitrogens with one attached hydrogen (secondary N) is 2. The quantitative estimate of drug-likeness (QED) is 0.265. The Morgan fingerprint density at radius 2 is 1.78 bits per heavy atom. The summed E-state index contributed by atoms with van der Waals surface area (Å²) in [7, 11) is 0. The van der Waals surface area contributed by atoms with Crippen LogP contribution in [0.3, 0.4) is 0 Å². The van der Waals surface area contributed by atoms with Gasteiger partial charge < -0.3 is 5.43 Å². The van der Waals surface area contributed by atoms with Gasteiger partial charge in [-0.3, -0.25) is 20.9 Å². The highest BCUT2D eigenvalue weighted by Gasteiger charge is 2.08. The second-order valence-electron chi connectivity index (χ2n) is 3.39. The molecule has 0 rings (SSSR count). The number of hydrogen-bond acceptors (Lipinski definition) is 6. The van der Waals surface area contributed by atoms with E-state index in [1.165, 1.54) is 6.08 Å². The van der Waals surface area contributed by atoms with Gasteiger partial charge in [0, 0.05) is 0 Å². The van der Waals surface area contributed by atoms with Gasteiger partial charge in [0.2, 0.25) is 11.6 Å². The van der Waals surface area contributed by atoms with E-state index in [1.54, 1.807) is 26.8 Å². The van der Waals surface area contributed by atoms with E-state index in [2.05, 4.69) is 22.5 Å². The fourth-order valence-electron chi connectivity index (χ4n) is 1.00. The second kappa shape index (κ2) is 7.97. The summed E-state index contributed by atoms with van der Waals surface area (Å²) >= 11 is 0. The van der Waals surface area contributed by atoms with Crippen molar-refractivity contribution in [2.24, 2.45) is 10.9 Å². The number of hydrazone groups is 1. The lowest BCUT2D eigenvalue weighted by atomic mass is 10.1. The molecule has 0 heterocycles. The first-order chi connectivity index (χ1) is 8.47. The van der Waals surface area contributed by atoms with Gasteiger partial charge in [-0.2, -0.15) is 5.10 Å². The third kappa shape index (κ3) is 4.75. The van der Waals surface area contributed by atoms with Crippen LogP contribution in [0.4, 0.5) is 0 Å². The van der Waals surface area contributed by atoms with Crippen molar-refractivity contribution in [3.05, 3.63) is 35.7 Å². The number of allylic oxidation sites excluding steroid dienone is 4. The van der Waals surface area contributed by atoms with Crippen molar-refractivity contribution in [1.82, 2.24) is 10.9 Å². The molecule has 0 amide bonds. The Morgan fingerprint density at radius 3 is 2.17 bits per heavy atom. The number of carbonyl (C=O) groups is 2. The first kappa shape index (κ1) is 15.8. The molecule has 0 aliphatic rings. The molecule has 0 radical (unpaired) electrons. The van der Waals surface area contributed by atoms with E-state index in [1.807, 2.05) is 0 Å². The Morgan fingerprint density at radius 1 is 1.22 bits per heavy atom. The summed E-state index contributed by atoms with van der Waals surface area (Å²) in [5.41, 5.74) is 5.59. The van der Waals surface area contributed by atoms with Gasteiger partial charge in [0.05, 0.1) is 17.6 Å². The van der Waals surface area contributed by atoms with Gasteiger partial charge in [0.25, 0.3) is 0 Å². The van der Waals surface area contributed by atoms with E-state index >= 15 is 0 Å². The average molecular weight is 250 g/mol. The second-order valence-corrected chi connectivity index (χ2v) is 3.39. The van der Waals surface area contributed by atoms with Crippen LogP contribution in [0, 0.1) is 0 Å². The minimum absolute atomic E-state index is 0.216. The Hall–Kier alpha value is -2.21. The number of nitrogens with two attached hydrogens (primary N) is 1. The molecule has 0 aromatic carbocycles. The first-order valence-corrected chi connectivity index (χ1v) is 5.30. The van der Waals surface area contributed by atoms with Crippen LogP contribution in [0.2, 0.25) is 0 Å². The normalized spacial score (nSPS) is 12.4. The zero-order valence-electron chi connectivity index (χ0n) is 10.8. The molecule has 0 unspecified atom stereocenters. The maximum absolute atomic E-state index is 11.6. The summed E-state index contributed by atoms with van der Waals surface area (Å²) in [5, 5.41) is 3.67. The summed E-state index contributed by atoms with van der Waals surface area (Å²) in [6.45, 7) is 8.48. The average Bonchev–Trinajstić information content (AvgIpc) is 2.35. The van der Waals surface area contributed by atoms with Gasteiger partial charge in [0.1, 0.15) is 0 Å². The van der Waals surface area contributed by atoms with Gasteiger partial charge in [-0.05, 0) is 26.3 Å². The molecule has 0 saturated carbocycles. The van der Waals surface area contributed by atoms with Crippen LogP contribution in [0.1, 0.15) is 20.8 Å². The molecule has 6 nitrogen and oxygen atoms in total. The minimum atomic E-state index is -0.397. The van der Waals surface area contributed by atoms with Crippen molar-refractivity contribution in [3.8, 4) is 0 Å². The molecule has 0 saturated heterocycles. The number of hydrazine groups is 1. The van der Waals surface area contributed by atoms with Crippen LogP contribution in [-0.4, -0.2) is 17.8 Å². The topological polar surface area (TPSA) is 96.6 Å². The lowest BCUT2D eigenvalue weighted by Crippen LogP contribution is -2.27. The predicted octanol–water partition coefficient (Wildman–Crippen LogP) is 0.547. The van der Waals surface area contributed by atoms with E-state index in [-0.39, 0.29) is 17.2 Å². The number of Topliss-reactive ketones (excluding diaryl/α,β-unsaturated/α-hetero) is 2. The molecule has 0 aliphatic carbocycles. The molecule has 0 spiro atoms. The lowest BCUT2D eigenvalue weighted by Gasteiger charge is -2.04. The fourth-order valence-corrected chi connectivity index (χ4v) is 1.00. The Kier molecular flexibility index (Phi) is 6.99. The summed E-state index contributed by atoms with van der Waals surface area (Å²) in [5.74, 6) is 4.48. The Balaban J connectivity index is 4.62. The number of nitrogens with zero attached hydrogens (tertiary/aromatic N) is 1. The van der Waals surface area contributed by atoms with Crippen LogP contribution in [0.5, 0.6) is 0 Å². The molecule has 0 fully saturated rings. The van der Waals surface area contributed by atoms with E-state index in [9.17, 15) is 9.59 Å². The highest BCUT2D eigenvalue weighted by molar-refractivity contribution is 6.34. The van der Waals surface area contributed by atoms with Crippen molar-refractivity contribution >= 4 is 17.8 Å². The molecule has 0 aromatic heterocycles. The summed E-state index contributed by atoms with van der Waals surface area (Å²) < 4.78 is 0. The van der Waals surface area contributed by atoms with Crippen LogP contribution in [-0.2, 0) is 9.59 Å². The van der Waals surface area contributed by atoms with Gasteiger partial charge >= 0.3 is 0 Å². The first-order valence-electron chi connectivity index (χ1n) is 5.30. The molecule has 98 valence electrons. The van der Waals surface area contributed by atoms with Crippen LogP contribution in [0.25, 0.3) is 0 Å². The largest absolute Gasteiger partial charge is 0.321 e. The van der Waals surface area contributed by atoms with Crippen LogP contribution >= 0.6 is 0 Å². The van der Waals surface area contributed by atoms with Gasteiger partial charge in [0.15, 0.2) is 0 Å². The number of rotatable bonds is 7. The van der Waals surface area contributed by atoms with Crippen molar-refractivity contribution in [3.63, 3.8) is 0 Å². The molecule has 18 heavy (non-hydrogen) atoms. The van der Waals surface area contributed by atoms with Gasteiger partial charge in [-0.25, -0.2) is 0 Å². The molecule has 0 aliphatic heterocycles. The zero-order chi connectivity index (χ0) is 14.1. The smallest absolute Gasteiger partial charge is 0.222 e. The van der Waals surface area contributed by atoms with E-state index < -0.39 is 5.78 Å². The number of hydrogen-bond donors (Lipinski definition) is 3. The summed E-state index contributed by atoms with van der Waals surface area (Å²) in [4.78, 5) is 23.0. The number of carbonyl (C=O) groups excluding carboxylic acids is 2. The third-order valence-corrected chi connectivity index (χ3v) is 2.00. The third-order valence-electron chi connectivity index (χ3n) is 2.00. The molecule has 4 N–H and O–H groups in total. The summed E-state index contributed by atoms with van der Waals surface area (Å²) in [6, 6.07) is 0. The van der Waals surface area contributed by atoms with Gasteiger partial charge in [-0.1, -0.05) is 18.7 Å². The SMILES string of the molecule is C=C(C)C(=O)/C(=C\C)NN=CC(=O)/C(=C\C)NN. The molecule has 0 atom stereocenters. The van der Waals surface area contributed by atoms with Crippen LogP contribution < -0.4 is 16.7 Å². The Labute approximate surface area is 106 Å². The maximum Gasteiger partial charge on any atom is 0.222 e. The standard InChI is InChI=1S/C12H18N4O2/c1-5-9(15-13)11(17)7-14-16-10(6-2)12(18)8(3)4/h5-7,15-16H,3,13H2,1-2,4H3/b9-5+,10-6+,14-7?. The highest BCUT2D eigenvalue weighted by atomic mass is 16.1. The molecular weight excluding hydrogens is 232 g/mol.